The van der Waals surface area contributed by atoms with E-state index in [1.54, 1.807) is 24.3 Å². The predicted octanol–water partition coefficient (Wildman–Crippen LogP) is 2.96. The van der Waals surface area contributed by atoms with Crippen molar-refractivity contribution in [1.82, 2.24) is 0 Å². The number of methoxy groups -OCH3 is 1. The number of rotatable bonds is 7. The maximum atomic E-state index is 13.6. The molecule has 1 unspecified atom stereocenters. The summed E-state index contributed by atoms with van der Waals surface area (Å²) < 4.78 is 36.4. The van der Waals surface area contributed by atoms with Crippen LogP contribution in [0.15, 0.2) is 42.5 Å². The van der Waals surface area contributed by atoms with Crippen molar-refractivity contribution in [2.75, 3.05) is 24.4 Å². The normalized spacial score (nSPS) is 11.5. The van der Waals surface area contributed by atoms with Crippen molar-refractivity contribution in [3.63, 3.8) is 0 Å². The molecule has 2 aromatic carbocycles. The lowest BCUT2D eigenvalue weighted by Crippen LogP contribution is -2.30. The topological polar surface area (TPSA) is 76.7 Å². The molecular weight excluding hydrogens is 346 g/mol. The third kappa shape index (κ3) is 5.52. The van der Waals surface area contributed by atoms with Crippen LogP contribution < -0.4 is 15.4 Å². The first-order valence-electron chi connectivity index (χ1n) is 7.70. The van der Waals surface area contributed by atoms with E-state index in [4.69, 9.17) is 9.47 Å². The van der Waals surface area contributed by atoms with Gasteiger partial charge in [-0.2, -0.15) is 0 Å². The third-order valence-electron chi connectivity index (χ3n) is 3.28. The summed E-state index contributed by atoms with van der Waals surface area (Å²) in [4.78, 5) is 23.5. The Morgan fingerprint density at radius 3 is 2.23 bits per heavy atom. The highest BCUT2D eigenvalue weighted by Crippen LogP contribution is 2.20. The highest BCUT2D eigenvalue weighted by atomic mass is 19.1. The van der Waals surface area contributed by atoms with Crippen molar-refractivity contribution in [2.24, 2.45) is 0 Å². The zero-order chi connectivity index (χ0) is 19.1. The monoisotopic (exact) mass is 364 g/mol. The number of amides is 2. The van der Waals surface area contributed by atoms with E-state index in [1.807, 2.05) is 0 Å². The van der Waals surface area contributed by atoms with Crippen LogP contribution >= 0.6 is 0 Å². The van der Waals surface area contributed by atoms with Gasteiger partial charge in [0.15, 0.2) is 17.7 Å². The number of carbonyl (C=O) groups excluding carboxylic acids is 2. The molecule has 0 fully saturated rings. The van der Waals surface area contributed by atoms with E-state index in [2.05, 4.69) is 10.6 Å². The number of hydrogen-bond donors (Lipinski definition) is 2. The fraction of sp³-hybridized carbons (Fsp3) is 0.222. The van der Waals surface area contributed by atoms with Gasteiger partial charge in [-0.15, -0.1) is 0 Å². The summed E-state index contributed by atoms with van der Waals surface area (Å²) >= 11 is 0. The maximum Gasteiger partial charge on any atom is 0.265 e. The molecule has 2 N–H and O–H groups in total. The van der Waals surface area contributed by atoms with Crippen LogP contribution in [0.3, 0.4) is 0 Å². The van der Waals surface area contributed by atoms with Gasteiger partial charge in [-0.25, -0.2) is 8.78 Å². The minimum atomic E-state index is -1.00. The van der Waals surface area contributed by atoms with Crippen LogP contribution in [-0.2, 0) is 14.3 Å². The number of ether oxygens (including phenoxy) is 2. The minimum Gasteiger partial charge on any atom is -0.478 e. The molecule has 0 aromatic heterocycles. The lowest BCUT2D eigenvalue weighted by atomic mass is 10.2. The molecule has 0 bridgehead atoms. The van der Waals surface area contributed by atoms with Gasteiger partial charge in [0, 0.05) is 24.6 Å². The number of hydrogen-bond acceptors (Lipinski definition) is 4. The van der Waals surface area contributed by atoms with Crippen LogP contribution in [0.4, 0.5) is 20.2 Å². The second-order valence-electron chi connectivity index (χ2n) is 5.38. The Labute approximate surface area is 149 Å². The van der Waals surface area contributed by atoms with Crippen LogP contribution in [0.2, 0.25) is 0 Å². The van der Waals surface area contributed by atoms with Gasteiger partial charge >= 0.3 is 0 Å². The summed E-state index contributed by atoms with van der Waals surface area (Å²) in [5.74, 6) is -2.65. The largest absolute Gasteiger partial charge is 0.478 e. The van der Waals surface area contributed by atoms with E-state index in [9.17, 15) is 18.4 Å². The van der Waals surface area contributed by atoms with Gasteiger partial charge in [0.05, 0.1) is 0 Å². The predicted molar refractivity (Wildman–Crippen MR) is 92.0 cm³/mol. The zero-order valence-electron chi connectivity index (χ0n) is 14.2. The van der Waals surface area contributed by atoms with Gasteiger partial charge in [0.2, 0.25) is 5.91 Å². The molecule has 6 nitrogen and oxygen atoms in total. The summed E-state index contributed by atoms with van der Waals surface area (Å²) in [5, 5.41) is 5.22. The Bertz CT molecular complexity index is 781. The molecule has 0 saturated carbocycles. The van der Waals surface area contributed by atoms with Crippen molar-refractivity contribution >= 4 is 23.2 Å². The molecule has 0 spiro atoms. The number of benzene rings is 2. The molecule has 2 amide bonds. The molecule has 0 aliphatic heterocycles. The van der Waals surface area contributed by atoms with Gasteiger partial charge in [0.1, 0.15) is 12.4 Å². The molecule has 138 valence electrons. The summed E-state index contributed by atoms with van der Waals surface area (Å²) in [6.07, 6.45) is -1.00. The number of carbonyl (C=O) groups is 2. The molecule has 0 heterocycles. The summed E-state index contributed by atoms with van der Waals surface area (Å²) in [6, 6.07) is 9.22. The highest BCUT2D eigenvalue weighted by Gasteiger charge is 2.17. The lowest BCUT2D eigenvalue weighted by Gasteiger charge is -2.15. The smallest absolute Gasteiger partial charge is 0.265 e. The molecule has 0 saturated heterocycles. The maximum absolute atomic E-state index is 13.6. The molecule has 8 heteroatoms. The summed E-state index contributed by atoms with van der Waals surface area (Å²) in [6.45, 7) is 1.38. The third-order valence-corrected chi connectivity index (χ3v) is 3.28. The number of anilines is 2. The van der Waals surface area contributed by atoms with E-state index in [1.165, 1.54) is 14.0 Å². The Balaban J connectivity index is 1.92. The van der Waals surface area contributed by atoms with Crippen molar-refractivity contribution in [1.29, 1.82) is 0 Å². The van der Waals surface area contributed by atoms with Gasteiger partial charge in [-0.3, -0.25) is 9.59 Å². The minimum absolute atomic E-state index is 0.0622. The molecule has 2 rings (SSSR count). The summed E-state index contributed by atoms with van der Waals surface area (Å²) in [5.41, 5.74) is 1.01. The first-order valence-corrected chi connectivity index (χ1v) is 7.70. The second kappa shape index (κ2) is 8.91. The van der Waals surface area contributed by atoms with E-state index in [0.29, 0.717) is 17.4 Å². The van der Waals surface area contributed by atoms with E-state index in [-0.39, 0.29) is 18.3 Å². The molecule has 2 aromatic rings. The highest BCUT2D eigenvalue weighted by molar-refractivity contribution is 5.95. The van der Waals surface area contributed by atoms with Crippen LogP contribution in [0.1, 0.15) is 6.92 Å². The van der Waals surface area contributed by atoms with Gasteiger partial charge in [-0.1, -0.05) is 0 Å². The molecule has 0 radical (unpaired) electrons. The van der Waals surface area contributed by atoms with Crippen molar-refractivity contribution < 1.29 is 27.8 Å². The molecule has 26 heavy (non-hydrogen) atoms. The Morgan fingerprint density at radius 1 is 1.04 bits per heavy atom. The van der Waals surface area contributed by atoms with E-state index < -0.39 is 23.6 Å². The average molecular weight is 364 g/mol. The summed E-state index contributed by atoms with van der Waals surface area (Å²) in [7, 11) is 1.42. The number of nitrogens with one attached hydrogen (secondary N) is 2. The molecular formula is C18H18F2N2O4. The lowest BCUT2D eigenvalue weighted by molar-refractivity contribution is -0.122. The quantitative estimate of drug-likeness (QED) is 0.792. The SMILES string of the molecule is COCC(=O)Nc1ccc(NC(=O)C(C)Oc2ccc(F)cc2F)cc1. The van der Waals surface area contributed by atoms with Crippen molar-refractivity contribution in [3.05, 3.63) is 54.1 Å². The fourth-order valence-corrected chi connectivity index (χ4v) is 2.02. The van der Waals surface area contributed by atoms with Crippen molar-refractivity contribution in [3.8, 4) is 5.75 Å². The average Bonchev–Trinajstić information content (AvgIpc) is 2.59. The zero-order valence-corrected chi connectivity index (χ0v) is 14.2. The molecule has 0 aliphatic rings. The van der Waals surface area contributed by atoms with Crippen LogP contribution in [0.5, 0.6) is 5.75 Å². The van der Waals surface area contributed by atoms with Crippen LogP contribution in [0, 0.1) is 11.6 Å². The molecule has 1 atom stereocenters. The standard InChI is InChI=1S/C18H18F2N2O4/c1-11(26-16-8-3-12(19)9-15(16)20)18(24)22-14-6-4-13(5-7-14)21-17(23)10-25-2/h3-9,11H,10H2,1-2H3,(H,21,23)(H,22,24). The fourth-order valence-electron chi connectivity index (χ4n) is 2.02. The Hall–Kier alpha value is -3.00. The first kappa shape index (κ1) is 19.3. The van der Waals surface area contributed by atoms with Crippen molar-refractivity contribution in [2.45, 2.75) is 13.0 Å². The van der Waals surface area contributed by atoms with E-state index in [0.717, 1.165) is 12.1 Å². The Kier molecular flexibility index (Phi) is 6.62. The first-order chi connectivity index (χ1) is 12.4. The van der Waals surface area contributed by atoms with Crippen LogP contribution in [0.25, 0.3) is 0 Å². The second-order valence-corrected chi connectivity index (χ2v) is 5.38. The van der Waals surface area contributed by atoms with Crippen LogP contribution in [-0.4, -0.2) is 31.6 Å². The van der Waals surface area contributed by atoms with E-state index >= 15 is 0 Å². The van der Waals surface area contributed by atoms with Gasteiger partial charge in [0.25, 0.3) is 5.91 Å². The molecule has 0 aliphatic carbocycles. The van der Waals surface area contributed by atoms with Gasteiger partial charge in [-0.05, 0) is 43.3 Å². The number of halogens is 2. The van der Waals surface area contributed by atoms with Gasteiger partial charge < -0.3 is 20.1 Å². The Morgan fingerprint density at radius 2 is 1.65 bits per heavy atom.